The van der Waals surface area contributed by atoms with Crippen LogP contribution in [0.2, 0.25) is 0 Å². The highest BCUT2D eigenvalue weighted by Crippen LogP contribution is 2.25. The van der Waals surface area contributed by atoms with Crippen molar-refractivity contribution < 1.29 is 9.90 Å². The third kappa shape index (κ3) is 1.14. The number of carbonyl (C=O) groups is 1. The number of benzene rings is 1. The second-order valence-corrected chi connectivity index (χ2v) is 3.13. The molecule has 0 radical (unpaired) electrons. The summed E-state index contributed by atoms with van der Waals surface area (Å²) in [5.74, 6) is 0.142. The summed E-state index contributed by atoms with van der Waals surface area (Å²) >= 11 is 0. The Labute approximate surface area is 81.0 Å². The summed E-state index contributed by atoms with van der Waals surface area (Å²) in [4.78, 5) is 14.7. The van der Waals surface area contributed by atoms with Crippen LogP contribution in [0.5, 0.6) is 5.75 Å². The van der Waals surface area contributed by atoms with Gasteiger partial charge in [0.15, 0.2) is 6.29 Å². The number of carbonyl (C=O) groups excluding carboxylic acids is 1. The Balaban J connectivity index is 2.90. The highest BCUT2D eigenvalue weighted by molar-refractivity contribution is 5.92. The Morgan fingerprint density at radius 3 is 2.93 bits per heavy atom. The number of pyridine rings is 1. The molecule has 1 N–H and O–H groups in total. The monoisotopic (exact) mass is 187 g/mol. The lowest BCUT2D eigenvalue weighted by atomic mass is 10.1. The van der Waals surface area contributed by atoms with Gasteiger partial charge in [-0.25, -0.2) is 0 Å². The lowest BCUT2D eigenvalue weighted by molar-refractivity contribution is 0.112. The number of para-hydroxylation sites is 1. The second kappa shape index (κ2) is 3.10. The van der Waals surface area contributed by atoms with Crippen LogP contribution in [-0.4, -0.2) is 16.4 Å². The Morgan fingerprint density at radius 2 is 2.21 bits per heavy atom. The molecule has 0 spiro atoms. The number of aryl methyl sites for hydroxylation is 1. The minimum absolute atomic E-state index is 0.142. The topological polar surface area (TPSA) is 50.2 Å². The van der Waals surface area contributed by atoms with Crippen LogP contribution in [0.1, 0.15) is 15.9 Å². The third-order valence-electron chi connectivity index (χ3n) is 2.31. The third-order valence-corrected chi connectivity index (χ3v) is 2.31. The first-order chi connectivity index (χ1) is 6.74. The molecule has 1 aromatic heterocycles. The van der Waals surface area contributed by atoms with Crippen LogP contribution >= 0.6 is 0 Å². The summed E-state index contributed by atoms with van der Waals surface area (Å²) in [7, 11) is 0. The number of rotatable bonds is 1. The standard InChI is InChI=1S/C11H9NO2/c1-7-8(6-13)5-12-11-9(7)3-2-4-10(11)14/h2-6,14H,1H3. The Bertz CT molecular complexity index is 506. The summed E-state index contributed by atoms with van der Waals surface area (Å²) in [5.41, 5.74) is 1.94. The number of nitrogens with zero attached hydrogens (tertiary/aromatic N) is 1. The minimum Gasteiger partial charge on any atom is -0.506 e. The molecule has 0 aliphatic rings. The lowest BCUT2D eigenvalue weighted by Crippen LogP contribution is -1.91. The number of hydrogen-bond acceptors (Lipinski definition) is 3. The number of aldehydes is 1. The lowest BCUT2D eigenvalue weighted by Gasteiger charge is -2.04. The van der Waals surface area contributed by atoms with Crippen molar-refractivity contribution in [1.82, 2.24) is 4.98 Å². The number of phenols is 1. The molecule has 0 unspecified atom stereocenters. The summed E-state index contributed by atoms with van der Waals surface area (Å²) < 4.78 is 0. The van der Waals surface area contributed by atoms with E-state index in [1.54, 1.807) is 12.1 Å². The molecular weight excluding hydrogens is 178 g/mol. The molecule has 14 heavy (non-hydrogen) atoms. The van der Waals surface area contributed by atoms with Gasteiger partial charge in [0.25, 0.3) is 0 Å². The maximum Gasteiger partial charge on any atom is 0.151 e. The molecule has 2 aromatic rings. The van der Waals surface area contributed by atoms with E-state index >= 15 is 0 Å². The first-order valence-electron chi connectivity index (χ1n) is 4.26. The Kier molecular flexibility index (Phi) is 1.93. The summed E-state index contributed by atoms with van der Waals surface area (Å²) in [6.45, 7) is 1.84. The van der Waals surface area contributed by atoms with Gasteiger partial charge >= 0.3 is 0 Å². The van der Waals surface area contributed by atoms with Crippen molar-refractivity contribution in [3.8, 4) is 5.75 Å². The summed E-state index contributed by atoms with van der Waals surface area (Å²) in [6, 6.07) is 5.15. The quantitative estimate of drug-likeness (QED) is 0.695. The van der Waals surface area contributed by atoms with Crippen molar-refractivity contribution in [2.24, 2.45) is 0 Å². The number of fused-ring (bicyclic) bond motifs is 1. The van der Waals surface area contributed by atoms with Crippen LogP contribution < -0.4 is 0 Å². The Hall–Kier alpha value is -1.90. The zero-order valence-corrected chi connectivity index (χ0v) is 7.69. The van der Waals surface area contributed by atoms with Crippen LogP contribution in [0.25, 0.3) is 10.9 Å². The van der Waals surface area contributed by atoms with Crippen LogP contribution in [0, 0.1) is 6.92 Å². The van der Waals surface area contributed by atoms with Crippen LogP contribution in [-0.2, 0) is 0 Å². The molecule has 3 nitrogen and oxygen atoms in total. The van der Waals surface area contributed by atoms with Gasteiger partial charge in [-0.05, 0) is 18.6 Å². The summed E-state index contributed by atoms with van der Waals surface area (Å²) in [6.07, 6.45) is 2.25. The fraction of sp³-hybridized carbons (Fsp3) is 0.0909. The van der Waals surface area contributed by atoms with E-state index in [4.69, 9.17) is 0 Å². The van der Waals surface area contributed by atoms with E-state index in [-0.39, 0.29) is 5.75 Å². The first kappa shape index (κ1) is 8.69. The zero-order valence-electron chi connectivity index (χ0n) is 7.69. The average molecular weight is 187 g/mol. The molecule has 2 rings (SSSR count). The Morgan fingerprint density at radius 1 is 1.43 bits per heavy atom. The van der Waals surface area contributed by atoms with Gasteiger partial charge in [-0.2, -0.15) is 0 Å². The number of aromatic nitrogens is 1. The van der Waals surface area contributed by atoms with Crippen LogP contribution in [0.4, 0.5) is 0 Å². The maximum atomic E-state index is 10.7. The molecule has 70 valence electrons. The van der Waals surface area contributed by atoms with Crippen LogP contribution in [0.15, 0.2) is 24.4 Å². The highest BCUT2D eigenvalue weighted by Gasteiger charge is 2.06. The largest absolute Gasteiger partial charge is 0.506 e. The van der Waals surface area contributed by atoms with Gasteiger partial charge in [0.1, 0.15) is 11.3 Å². The smallest absolute Gasteiger partial charge is 0.151 e. The highest BCUT2D eigenvalue weighted by atomic mass is 16.3. The van der Waals surface area contributed by atoms with Crippen molar-refractivity contribution in [1.29, 1.82) is 0 Å². The number of aromatic hydroxyl groups is 1. The molecule has 0 aliphatic carbocycles. The molecular formula is C11H9NO2. The molecule has 0 aliphatic heterocycles. The first-order valence-corrected chi connectivity index (χ1v) is 4.26. The number of hydrogen-bond donors (Lipinski definition) is 1. The molecule has 0 fully saturated rings. The predicted molar refractivity (Wildman–Crippen MR) is 53.5 cm³/mol. The van der Waals surface area contributed by atoms with Gasteiger partial charge in [0.05, 0.1) is 0 Å². The van der Waals surface area contributed by atoms with E-state index in [2.05, 4.69) is 4.98 Å². The van der Waals surface area contributed by atoms with Crippen molar-refractivity contribution in [2.75, 3.05) is 0 Å². The van der Waals surface area contributed by atoms with Crippen molar-refractivity contribution in [3.63, 3.8) is 0 Å². The summed E-state index contributed by atoms with van der Waals surface area (Å²) in [5, 5.41) is 10.3. The van der Waals surface area contributed by atoms with Gasteiger partial charge in [-0.3, -0.25) is 9.78 Å². The fourth-order valence-electron chi connectivity index (χ4n) is 1.47. The minimum atomic E-state index is 0.142. The van der Waals surface area contributed by atoms with Crippen LogP contribution in [0.3, 0.4) is 0 Å². The molecule has 0 atom stereocenters. The zero-order chi connectivity index (χ0) is 10.1. The fourth-order valence-corrected chi connectivity index (χ4v) is 1.47. The van der Waals surface area contributed by atoms with Crippen molar-refractivity contribution in [3.05, 3.63) is 35.5 Å². The molecule has 3 heteroatoms. The van der Waals surface area contributed by atoms with Gasteiger partial charge in [-0.1, -0.05) is 12.1 Å². The maximum absolute atomic E-state index is 10.7. The van der Waals surface area contributed by atoms with E-state index in [1.165, 1.54) is 6.20 Å². The van der Waals surface area contributed by atoms with Gasteiger partial charge in [-0.15, -0.1) is 0 Å². The van der Waals surface area contributed by atoms with E-state index in [0.29, 0.717) is 11.1 Å². The van der Waals surface area contributed by atoms with E-state index in [9.17, 15) is 9.90 Å². The van der Waals surface area contributed by atoms with E-state index in [0.717, 1.165) is 17.2 Å². The molecule has 0 amide bonds. The molecule has 1 heterocycles. The van der Waals surface area contributed by atoms with Crippen molar-refractivity contribution in [2.45, 2.75) is 6.92 Å². The molecule has 0 bridgehead atoms. The molecule has 0 saturated heterocycles. The number of phenolic OH excluding ortho intramolecular Hbond substituents is 1. The van der Waals surface area contributed by atoms with Gasteiger partial charge in [0, 0.05) is 17.1 Å². The molecule has 1 aromatic carbocycles. The van der Waals surface area contributed by atoms with Crippen molar-refractivity contribution >= 4 is 17.2 Å². The second-order valence-electron chi connectivity index (χ2n) is 3.13. The van der Waals surface area contributed by atoms with Gasteiger partial charge < -0.3 is 5.11 Å². The van der Waals surface area contributed by atoms with E-state index in [1.807, 2.05) is 13.0 Å². The SMILES string of the molecule is Cc1c(C=O)cnc2c(O)cccc12. The normalized spacial score (nSPS) is 10.4. The average Bonchev–Trinajstić information content (AvgIpc) is 2.20. The van der Waals surface area contributed by atoms with Gasteiger partial charge in [0.2, 0.25) is 0 Å². The van der Waals surface area contributed by atoms with E-state index < -0.39 is 0 Å². The predicted octanol–water partition coefficient (Wildman–Crippen LogP) is 2.06. The molecule has 0 saturated carbocycles.